The van der Waals surface area contributed by atoms with E-state index in [9.17, 15) is 4.79 Å². The predicted molar refractivity (Wildman–Crippen MR) is 87.0 cm³/mol. The van der Waals surface area contributed by atoms with Gasteiger partial charge in [0.25, 0.3) is 5.91 Å². The second kappa shape index (κ2) is 6.27. The lowest BCUT2D eigenvalue weighted by Gasteiger charge is -2.30. The maximum atomic E-state index is 13.0. The summed E-state index contributed by atoms with van der Waals surface area (Å²) in [5.41, 5.74) is 1.57. The SMILES string of the molecule is CNc1ccc(Cl)cc1C(=O)N1CCCC1C1CCCC1. The Morgan fingerprint density at radius 3 is 2.71 bits per heavy atom. The number of amides is 1. The molecule has 0 aromatic heterocycles. The smallest absolute Gasteiger partial charge is 0.256 e. The zero-order valence-corrected chi connectivity index (χ0v) is 13.3. The maximum Gasteiger partial charge on any atom is 0.256 e. The molecule has 114 valence electrons. The molecule has 0 radical (unpaired) electrons. The van der Waals surface area contributed by atoms with E-state index < -0.39 is 0 Å². The number of nitrogens with one attached hydrogen (secondary N) is 1. The van der Waals surface area contributed by atoms with Gasteiger partial charge in [-0.15, -0.1) is 0 Å². The lowest BCUT2D eigenvalue weighted by molar-refractivity contribution is 0.0690. The van der Waals surface area contributed by atoms with Crippen LogP contribution in [0.2, 0.25) is 5.02 Å². The molecule has 3 nitrogen and oxygen atoms in total. The van der Waals surface area contributed by atoms with Crippen molar-refractivity contribution in [2.75, 3.05) is 18.9 Å². The van der Waals surface area contributed by atoms with Crippen molar-refractivity contribution < 1.29 is 4.79 Å². The number of carbonyl (C=O) groups excluding carboxylic acids is 1. The second-order valence-corrected chi connectivity index (χ2v) is 6.63. The van der Waals surface area contributed by atoms with E-state index in [1.807, 2.05) is 19.2 Å². The standard InChI is InChI=1S/C17H23ClN2O/c1-19-15-9-8-13(18)11-14(15)17(21)20-10-4-7-16(20)12-5-2-3-6-12/h8-9,11-12,16,19H,2-7,10H2,1H3. The van der Waals surface area contributed by atoms with Gasteiger partial charge >= 0.3 is 0 Å². The third-order valence-corrected chi connectivity index (χ3v) is 5.22. The Balaban J connectivity index is 1.85. The molecule has 1 aromatic carbocycles. The highest BCUT2D eigenvalue weighted by molar-refractivity contribution is 6.31. The van der Waals surface area contributed by atoms with Crippen molar-refractivity contribution in [3.8, 4) is 0 Å². The zero-order valence-electron chi connectivity index (χ0n) is 12.6. The first kappa shape index (κ1) is 14.7. The molecule has 1 unspecified atom stereocenters. The number of benzene rings is 1. The number of nitrogens with zero attached hydrogens (tertiary/aromatic N) is 1. The Hall–Kier alpha value is -1.22. The molecule has 3 rings (SSSR count). The Morgan fingerprint density at radius 1 is 1.24 bits per heavy atom. The summed E-state index contributed by atoms with van der Waals surface area (Å²) < 4.78 is 0. The molecule has 1 atom stereocenters. The summed E-state index contributed by atoms with van der Waals surface area (Å²) in [5.74, 6) is 0.838. The van der Waals surface area contributed by atoms with E-state index in [0.717, 1.165) is 25.1 Å². The fraction of sp³-hybridized carbons (Fsp3) is 0.588. The van der Waals surface area contributed by atoms with Crippen LogP contribution >= 0.6 is 11.6 Å². The lowest BCUT2D eigenvalue weighted by Crippen LogP contribution is -2.39. The molecule has 1 amide bonds. The van der Waals surface area contributed by atoms with Crippen molar-refractivity contribution in [3.05, 3.63) is 28.8 Å². The van der Waals surface area contributed by atoms with Crippen molar-refractivity contribution in [1.82, 2.24) is 4.90 Å². The van der Waals surface area contributed by atoms with Gasteiger partial charge in [-0.2, -0.15) is 0 Å². The summed E-state index contributed by atoms with van der Waals surface area (Å²) in [6, 6.07) is 5.93. The molecule has 1 aromatic rings. The van der Waals surface area contributed by atoms with Crippen molar-refractivity contribution in [3.63, 3.8) is 0 Å². The van der Waals surface area contributed by atoms with Crippen molar-refractivity contribution in [2.45, 2.75) is 44.6 Å². The number of hydrogen-bond donors (Lipinski definition) is 1. The van der Waals surface area contributed by atoms with Crippen molar-refractivity contribution >= 4 is 23.2 Å². The van der Waals surface area contributed by atoms with Gasteiger partial charge in [0, 0.05) is 30.3 Å². The Morgan fingerprint density at radius 2 is 2.00 bits per heavy atom. The molecular weight excluding hydrogens is 284 g/mol. The van der Waals surface area contributed by atoms with Gasteiger partial charge in [-0.3, -0.25) is 4.79 Å². The average molecular weight is 307 g/mol. The first-order chi connectivity index (χ1) is 10.2. The average Bonchev–Trinajstić information content (AvgIpc) is 3.16. The van der Waals surface area contributed by atoms with E-state index in [1.165, 1.54) is 25.7 Å². The molecule has 0 bridgehead atoms. The van der Waals surface area contributed by atoms with Crippen LogP contribution in [-0.4, -0.2) is 30.4 Å². The molecule has 2 aliphatic rings. The van der Waals surface area contributed by atoms with Gasteiger partial charge < -0.3 is 10.2 Å². The molecule has 1 N–H and O–H groups in total. The number of rotatable bonds is 3. The highest BCUT2D eigenvalue weighted by Crippen LogP contribution is 2.36. The predicted octanol–water partition coefficient (Wildman–Crippen LogP) is 4.18. The summed E-state index contributed by atoms with van der Waals surface area (Å²) in [7, 11) is 1.85. The number of carbonyl (C=O) groups is 1. The fourth-order valence-corrected chi connectivity index (χ4v) is 4.12. The number of anilines is 1. The monoisotopic (exact) mass is 306 g/mol. The Labute approximate surface area is 131 Å². The van der Waals surface area contributed by atoms with Gasteiger partial charge in [-0.05, 0) is 49.8 Å². The molecular formula is C17H23ClN2O. The van der Waals surface area contributed by atoms with Gasteiger partial charge in [0.2, 0.25) is 0 Å². The number of halogens is 1. The van der Waals surface area contributed by atoms with E-state index in [-0.39, 0.29) is 5.91 Å². The zero-order chi connectivity index (χ0) is 14.8. The van der Waals surface area contributed by atoms with Crippen molar-refractivity contribution in [1.29, 1.82) is 0 Å². The summed E-state index contributed by atoms with van der Waals surface area (Å²) in [6.45, 7) is 0.885. The van der Waals surface area contributed by atoms with E-state index in [4.69, 9.17) is 11.6 Å². The first-order valence-electron chi connectivity index (χ1n) is 7.99. The van der Waals surface area contributed by atoms with Gasteiger partial charge in [-0.25, -0.2) is 0 Å². The van der Waals surface area contributed by atoms with Crippen molar-refractivity contribution in [2.24, 2.45) is 5.92 Å². The van der Waals surface area contributed by atoms with Crippen LogP contribution < -0.4 is 5.32 Å². The van der Waals surface area contributed by atoms with E-state index in [0.29, 0.717) is 22.5 Å². The molecule has 1 aliphatic heterocycles. The van der Waals surface area contributed by atoms with Crippen LogP contribution in [0, 0.1) is 5.92 Å². The van der Waals surface area contributed by atoms with Crippen LogP contribution in [-0.2, 0) is 0 Å². The maximum absolute atomic E-state index is 13.0. The highest BCUT2D eigenvalue weighted by Gasteiger charge is 2.36. The summed E-state index contributed by atoms with van der Waals surface area (Å²) in [5, 5.41) is 3.72. The Kier molecular flexibility index (Phi) is 4.39. The van der Waals surface area contributed by atoms with Crippen LogP contribution in [0.1, 0.15) is 48.9 Å². The summed E-state index contributed by atoms with van der Waals surface area (Å²) >= 11 is 6.09. The van der Waals surface area contributed by atoms with Crippen LogP contribution in [0.3, 0.4) is 0 Å². The summed E-state index contributed by atoms with van der Waals surface area (Å²) in [4.78, 5) is 15.1. The topological polar surface area (TPSA) is 32.3 Å². The second-order valence-electron chi connectivity index (χ2n) is 6.19. The third kappa shape index (κ3) is 2.89. The van der Waals surface area contributed by atoms with E-state index in [1.54, 1.807) is 6.07 Å². The van der Waals surface area contributed by atoms with E-state index in [2.05, 4.69) is 10.2 Å². The van der Waals surface area contributed by atoms with Crippen LogP contribution in [0.25, 0.3) is 0 Å². The quantitative estimate of drug-likeness (QED) is 0.908. The Bertz CT molecular complexity index is 526. The van der Waals surface area contributed by atoms with E-state index >= 15 is 0 Å². The van der Waals surface area contributed by atoms with Gasteiger partial charge in [-0.1, -0.05) is 24.4 Å². The minimum atomic E-state index is 0.135. The molecule has 1 aliphatic carbocycles. The van der Waals surface area contributed by atoms with Gasteiger partial charge in [0.15, 0.2) is 0 Å². The fourth-order valence-electron chi connectivity index (χ4n) is 3.94. The number of likely N-dealkylation sites (tertiary alicyclic amines) is 1. The number of hydrogen-bond acceptors (Lipinski definition) is 2. The highest BCUT2D eigenvalue weighted by atomic mass is 35.5. The normalized spacial score (nSPS) is 22.8. The molecule has 1 heterocycles. The molecule has 1 saturated carbocycles. The minimum absolute atomic E-state index is 0.135. The molecule has 21 heavy (non-hydrogen) atoms. The van der Waals surface area contributed by atoms with Crippen LogP contribution in [0.4, 0.5) is 5.69 Å². The minimum Gasteiger partial charge on any atom is -0.387 e. The largest absolute Gasteiger partial charge is 0.387 e. The molecule has 1 saturated heterocycles. The molecule has 2 fully saturated rings. The van der Waals surface area contributed by atoms with Crippen LogP contribution in [0.5, 0.6) is 0 Å². The molecule has 0 spiro atoms. The molecule has 4 heteroatoms. The van der Waals surface area contributed by atoms with Crippen LogP contribution in [0.15, 0.2) is 18.2 Å². The first-order valence-corrected chi connectivity index (χ1v) is 8.37. The third-order valence-electron chi connectivity index (χ3n) is 4.99. The van der Waals surface area contributed by atoms with Gasteiger partial charge in [0.1, 0.15) is 0 Å². The van der Waals surface area contributed by atoms with Gasteiger partial charge in [0.05, 0.1) is 5.56 Å². The summed E-state index contributed by atoms with van der Waals surface area (Å²) in [6.07, 6.45) is 7.49. The lowest BCUT2D eigenvalue weighted by atomic mass is 9.95.